The minimum absolute atomic E-state index is 0.129. The molecule has 6 rings (SSSR count). The first-order valence-electron chi connectivity index (χ1n) is 16.2. The van der Waals surface area contributed by atoms with Crippen LogP contribution in [0.25, 0.3) is 0 Å². The number of rotatable bonds is 11. The third kappa shape index (κ3) is 8.20. The van der Waals surface area contributed by atoms with E-state index in [1.807, 2.05) is 27.7 Å². The van der Waals surface area contributed by atoms with Gasteiger partial charge >= 0.3 is 0 Å². The van der Waals surface area contributed by atoms with Crippen molar-refractivity contribution in [2.45, 2.75) is 48.8 Å². The number of nitrogens with two attached hydrogens (primary N) is 1. The Morgan fingerprint density at radius 2 is 0.962 bits per heavy atom. The van der Waals surface area contributed by atoms with Crippen LogP contribution in [0.15, 0.2) is 118 Å². The van der Waals surface area contributed by atoms with E-state index < -0.39 is 20.0 Å². The van der Waals surface area contributed by atoms with E-state index in [0.29, 0.717) is 11.4 Å². The van der Waals surface area contributed by atoms with E-state index in [2.05, 4.69) is 55.2 Å². The molecule has 0 spiro atoms. The molecule has 6 N–H and O–H groups in total. The van der Waals surface area contributed by atoms with E-state index in [9.17, 15) is 21.4 Å². The van der Waals surface area contributed by atoms with Gasteiger partial charge in [-0.2, -0.15) is 23.4 Å². The average molecular weight is 736 g/mol. The van der Waals surface area contributed by atoms with E-state index in [4.69, 9.17) is 5.73 Å². The number of nitrogen functional groups attached to an aromatic ring is 1. The highest BCUT2D eigenvalue weighted by Crippen LogP contribution is 2.29. The number of aromatic nitrogens is 3. The molecule has 0 amide bonds. The Balaban J connectivity index is 1.30. The van der Waals surface area contributed by atoms with Crippen LogP contribution in [0.1, 0.15) is 33.4 Å². The summed E-state index contributed by atoms with van der Waals surface area (Å²) in [5.74, 6) is 0.486. The molecule has 0 unspecified atom stereocenters. The molecule has 1 aromatic heterocycles. The highest BCUT2D eigenvalue weighted by molar-refractivity contribution is 7.91. The molecule has 0 aliphatic carbocycles. The maximum absolute atomic E-state index is 13.1. The predicted molar refractivity (Wildman–Crippen MR) is 203 cm³/mol. The van der Waals surface area contributed by atoms with Crippen molar-refractivity contribution < 1.29 is 21.4 Å². The number of hydrogen-bond donors (Lipinski definition) is 5. The molecule has 0 atom stereocenters. The SMILES string of the molecule is Cc1cc(Cc2cc(C)c(Nc3nc(Nc4ccc(S(=O)(=O)O)cc4)nc(Nc4ccc(S(=O)(=O)c5ccccc5)cc4)n3)c(C)c2)cc(C)c1N. The van der Waals surface area contributed by atoms with Crippen LogP contribution in [0.4, 0.5) is 40.6 Å². The first-order valence-corrected chi connectivity index (χ1v) is 19.1. The lowest BCUT2D eigenvalue weighted by atomic mass is 9.96. The summed E-state index contributed by atoms with van der Waals surface area (Å²) in [5, 5.41) is 9.51. The molecule has 266 valence electrons. The monoisotopic (exact) mass is 735 g/mol. The molecule has 0 aliphatic rings. The zero-order valence-corrected chi connectivity index (χ0v) is 30.5. The third-order valence-corrected chi connectivity index (χ3v) is 11.1. The summed E-state index contributed by atoms with van der Waals surface area (Å²) in [7, 11) is -8.08. The molecule has 5 aromatic carbocycles. The Kier molecular flexibility index (Phi) is 9.98. The Bertz CT molecular complexity index is 2450. The van der Waals surface area contributed by atoms with Crippen LogP contribution in [-0.4, -0.2) is 36.3 Å². The van der Waals surface area contributed by atoms with Gasteiger partial charge in [-0.25, -0.2) is 8.42 Å². The summed E-state index contributed by atoms with van der Waals surface area (Å²) >= 11 is 0. The smallest absolute Gasteiger partial charge is 0.294 e. The van der Waals surface area contributed by atoms with Crippen molar-refractivity contribution in [1.82, 2.24) is 15.0 Å². The van der Waals surface area contributed by atoms with Gasteiger partial charge in [-0.3, -0.25) is 4.55 Å². The van der Waals surface area contributed by atoms with Crippen molar-refractivity contribution in [3.63, 3.8) is 0 Å². The molecule has 52 heavy (non-hydrogen) atoms. The molecule has 0 aliphatic heterocycles. The average Bonchev–Trinajstić information content (AvgIpc) is 3.09. The minimum Gasteiger partial charge on any atom is -0.398 e. The van der Waals surface area contributed by atoms with Crippen LogP contribution in [0.2, 0.25) is 0 Å². The number of nitrogens with one attached hydrogen (secondary N) is 3. The first-order chi connectivity index (χ1) is 24.7. The second kappa shape index (κ2) is 14.4. The van der Waals surface area contributed by atoms with Crippen molar-refractivity contribution in [3.8, 4) is 0 Å². The van der Waals surface area contributed by atoms with Crippen LogP contribution < -0.4 is 21.7 Å². The normalized spacial score (nSPS) is 11.6. The number of nitrogens with zero attached hydrogens (tertiary/aromatic N) is 3. The van der Waals surface area contributed by atoms with Gasteiger partial charge in [0.25, 0.3) is 10.1 Å². The van der Waals surface area contributed by atoms with E-state index in [1.165, 1.54) is 42.0 Å². The number of benzene rings is 5. The fourth-order valence-electron chi connectivity index (χ4n) is 5.83. The lowest BCUT2D eigenvalue weighted by molar-refractivity contribution is 0.483. The Labute approximate surface area is 302 Å². The quantitative estimate of drug-likeness (QED) is 0.0649. The molecule has 12 nitrogen and oxygen atoms in total. The first kappa shape index (κ1) is 36.0. The summed E-state index contributed by atoms with van der Waals surface area (Å²) in [5.41, 5.74) is 15.1. The van der Waals surface area contributed by atoms with Gasteiger partial charge in [0, 0.05) is 22.7 Å². The van der Waals surface area contributed by atoms with Crippen molar-refractivity contribution in [2.75, 3.05) is 21.7 Å². The van der Waals surface area contributed by atoms with Gasteiger partial charge in [0.05, 0.1) is 14.7 Å². The van der Waals surface area contributed by atoms with Crippen molar-refractivity contribution >= 4 is 60.5 Å². The Hall–Kier alpha value is -5.83. The van der Waals surface area contributed by atoms with Crippen LogP contribution in [0.3, 0.4) is 0 Å². The van der Waals surface area contributed by atoms with Crippen LogP contribution >= 0.6 is 0 Å². The van der Waals surface area contributed by atoms with Gasteiger partial charge in [0.1, 0.15) is 0 Å². The van der Waals surface area contributed by atoms with E-state index in [1.54, 1.807) is 42.5 Å². The second-order valence-corrected chi connectivity index (χ2v) is 15.8. The largest absolute Gasteiger partial charge is 0.398 e. The number of aryl methyl sites for hydroxylation is 4. The van der Waals surface area contributed by atoms with E-state index >= 15 is 0 Å². The lowest BCUT2D eigenvalue weighted by Gasteiger charge is -2.16. The Morgan fingerprint density at radius 3 is 1.42 bits per heavy atom. The van der Waals surface area contributed by atoms with Gasteiger partial charge in [0.15, 0.2) is 0 Å². The maximum Gasteiger partial charge on any atom is 0.294 e. The molecule has 14 heteroatoms. The summed E-state index contributed by atoms with van der Waals surface area (Å²) in [6.07, 6.45) is 0.736. The van der Waals surface area contributed by atoms with Crippen LogP contribution in [0.5, 0.6) is 0 Å². The van der Waals surface area contributed by atoms with Crippen molar-refractivity contribution in [1.29, 1.82) is 0 Å². The zero-order chi connectivity index (χ0) is 37.2. The topological polar surface area (TPSA) is 189 Å². The molecule has 0 fully saturated rings. The fraction of sp³-hybridized carbons (Fsp3) is 0.132. The Morgan fingerprint density at radius 1 is 0.558 bits per heavy atom. The van der Waals surface area contributed by atoms with Gasteiger partial charge in [-0.1, -0.05) is 42.5 Å². The highest BCUT2D eigenvalue weighted by Gasteiger charge is 2.18. The summed E-state index contributed by atoms with van der Waals surface area (Å²) in [6, 6.07) is 28.3. The van der Waals surface area contributed by atoms with Gasteiger partial charge in [-0.05, 0) is 128 Å². The lowest BCUT2D eigenvalue weighted by Crippen LogP contribution is -2.09. The summed E-state index contributed by atoms with van der Waals surface area (Å²) in [6.45, 7) is 8.02. The third-order valence-electron chi connectivity index (χ3n) is 8.41. The van der Waals surface area contributed by atoms with Crippen LogP contribution in [0, 0.1) is 27.7 Å². The van der Waals surface area contributed by atoms with Gasteiger partial charge in [-0.15, -0.1) is 0 Å². The van der Waals surface area contributed by atoms with Gasteiger partial charge in [0.2, 0.25) is 27.7 Å². The van der Waals surface area contributed by atoms with E-state index in [-0.39, 0.29) is 32.5 Å². The standard InChI is InChI=1S/C38H37N7O5S2/c1-23-18-27(19-24(2)34(23)39)22-28-20-25(3)35(26(4)21-28)42-38-44-36(43-37(45-38)41-30-12-16-33(17-13-30)52(48,49)50)40-29-10-14-32(15-11-29)51(46,47)31-8-6-5-7-9-31/h5-21H,22,39H2,1-4H3,(H,48,49,50)(H3,40,41,42,43,44,45). The molecule has 1 heterocycles. The zero-order valence-electron chi connectivity index (χ0n) is 28.8. The van der Waals surface area contributed by atoms with Crippen molar-refractivity contribution in [2.24, 2.45) is 0 Å². The summed E-state index contributed by atoms with van der Waals surface area (Å²) < 4.78 is 58.7. The molecular formula is C38H37N7O5S2. The van der Waals surface area contributed by atoms with Crippen LogP contribution in [-0.2, 0) is 26.4 Å². The number of sulfone groups is 1. The molecule has 6 aromatic rings. The fourth-order valence-corrected chi connectivity index (χ4v) is 7.59. The molecular weight excluding hydrogens is 699 g/mol. The number of hydrogen-bond acceptors (Lipinski definition) is 11. The number of anilines is 7. The highest BCUT2D eigenvalue weighted by atomic mass is 32.2. The molecule has 0 saturated carbocycles. The van der Waals surface area contributed by atoms with E-state index in [0.717, 1.165) is 45.6 Å². The molecule has 0 saturated heterocycles. The minimum atomic E-state index is -4.37. The maximum atomic E-state index is 13.1. The molecule has 0 radical (unpaired) electrons. The van der Waals surface area contributed by atoms with Crippen molar-refractivity contribution in [3.05, 3.63) is 137 Å². The molecule has 0 bridgehead atoms. The summed E-state index contributed by atoms with van der Waals surface area (Å²) in [4.78, 5) is 13.7. The van der Waals surface area contributed by atoms with Gasteiger partial charge < -0.3 is 21.7 Å². The predicted octanol–water partition coefficient (Wildman–Crippen LogP) is 7.59. The second-order valence-electron chi connectivity index (χ2n) is 12.4.